The van der Waals surface area contributed by atoms with Gasteiger partial charge in [0.1, 0.15) is 5.92 Å². The zero-order valence-electron chi connectivity index (χ0n) is 12.7. The first-order chi connectivity index (χ1) is 11.1. The highest BCUT2D eigenvalue weighted by atomic mass is 35.5. The normalized spacial score (nSPS) is 37.8. The van der Waals surface area contributed by atoms with Crippen LogP contribution in [0, 0.1) is 22.0 Å². The maximum atomic E-state index is 12.7. The van der Waals surface area contributed by atoms with E-state index in [0.29, 0.717) is 6.42 Å². The molecule has 2 aliphatic carbocycles. The first-order valence-electron chi connectivity index (χ1n) is 7.82. The Labute approximate surface area is 141 Å². The lowest BCUT2D eigenvalue weighted by atomic mass is 9.82. The lowest BCUT2D eigenvalue weighted by Crippen LogP contribution is -2.45. The number of nitrogens with zero attached hydrogens (tertiary/aromatic N) is 1. The molecule has 2 aliphatic rings. The van der Waals surface area contributed by atoms with Gasteiger partial charge in [-0.15, -0.1) is 11.6 Å². The number of carboxylic acid groups (broad SMARTS) is 1. The quantitative estimate of drug-likeness (QED) is 0.464. The number of nitro groups is 1. The minimum atomic E-state index is -4.28. The third-order valence-corrected chi connectivity index (χ3v) is 5.36. The van der Waals surface area contributed by atoms with Gasteiger partial charge in [-0.3, -0.25) is 14.9 Å². The molecule has 0 radical (unpaired) electrons. The molecule has 2 fully saturated rings. The largest absolute Gasteiger partial charge is 0.481 e. The number of alkyl halides is 4. The predicted molar refractivity (Wildman–Crippen MR) is 77.5 cm³/mol. The van der Waals surface area contributed by atoms with Gasteiger partial charge in [-0.05, 0) is 32.1 Å². The fraction of sp³-hybridized carbons (Fsp3) is 0.929. The Balaban J connectivity index is 1.93. The molecule has 2 rings (SSSR count). The summed E-state index contributed by atoms with van der Waals surface area (Å²) in [5, 5.41) is 19.3. The molecule has 0 bridgehead atoms. The second kappa shape index (κ2) is 7.43. The van der Waals surface area contributed by atoms with Crippen molar-refractivity contribution in [2.24, 2.45) is 11.8 Å². The van der Waals surface area contributed by atoms with Crippen molar-refractivity contribution < 1.29 is 32.7 Å². The van der Waals surface area contributed by atoms with Gasteiger partial charge in [0, 0.05) is 11.3 Å². The molecule has 0 heterocycles. The van der Waals surface area contributed by atoms with Gasteiger partial charge in [0.05, 0.1) is 23.5 Å². The van der Waals surface area contributed by atoms with Gasteiger partial charge in [0.15, 0.2) is 0 Å². The summed E-state index contributed by atoms with van der Waals surface area (Å²) < 4.78 is 43.9. The number of hydrogen-bond donors (Lipinski definition) is 1. The maximum Gasteiger partial charge on any atom is 0.391 e. The van der Waals surface area contributed by atoms with Crippen LogP contribution in [0.1, 0.15) is 38.5 Å². The molecular weight excluding hydrogens is 355 g/mol. The van der Waals surface area contributed by atoms with Crippen LogP contribution in [0.4, 0.5) is 13.2 Å². The van der Waals surface area contributed by atoms with Crippen molar-refractivity contribution in [1.29, 1.82) is 0 Å². The predicted octanol–water partition coefficient (Wildman–Crippen LogP) is 3.24. The van der Waals surface area contributed by atoms with Crippen LogP contribution in [0.2, 0.25) is 0 Å². The molecule has 6 nitrogen and oxygen atoms in total. The second-order valence-electron chi connectivity index (χ2n) is 6.47. The van der Waals surface area contributed by atoms with Crippen LogP contribution in [-0.2, 0) is 9.53 Å². The molecule has 138 valence electrons. The summed E-state index contributed by atoms with van der Waals surface area (Å²) in [5.74, 6) is -3.86. The van der Waals surface area contributed by atoms with Crippen molar-refractivity contribution in [1.82, 2.24) is 0 Å². The smallest absolute Gasteiger partial charge is 0.391 e. The zero-order chi connectivity index (χ0) is 18.1. The van der Waals surface area contributed by atoms with Crippen LogP contribution < -0.4 is 0 Å². The summed E-state index contributed by atoms with van der Waals surface area (Å²) in [6, 6.07) is -1.16. The molecule has 2 saturated carbocycles. The van der Waals surface area contributed by atoms with Gasteiger partial charge < -0.3 is 9.84 Å². The van der Waals surface area contributed by atoms with Gasteiger partial charge >= 0.3 is 12.1 Å². The Kier molecular flexibility index (Phi) is 5.95. The molecular formula is C14H19ClF3NO5. The van der Waals surface area contributed by atoms with Crippen molar-refractivity contribution >= 4 is 17.6 Å². The molecule has 0 aromatic heterocycles. The standard InChI is InChI=1S/C14H19ClF3NO5/c15-10-5-7(14(16,17)18)1-4-12(10)24-8-2-3-11(19(22)23)9(6-8)13(20)21/h7-12H,1-6H2,(H,20,21). The number of halogens is 4. The SMILES string of the molecule is O=C(O)C1CC(OC2CCC(C(F)(F)F)CC2Cl)CCC1[N+](=O)[O-]. The van der Waals surface area contributed by atoms with Crippen LogP contribution in [0.15, 0.2) is 0 Å². The molecule has 0 aliphatic heterocycles. The Morgan fingerprint density at radius 2 is 1.88 bits per heavy atom. The van der Waals surface area contributed by atoms with Gasteiger partial charge in [-0.2, -0.15) is 13.2 Å². The number of aliphatic carboxylic acids is 1. The van der Waals surface area contributed by atoms with E-state index in [9.17, 15) is 28.1 Å². The van der Waals surface area contributed by atoms with Crippen LogP contribution in [0.25, 0.3) is 0 Å². The number of hydrogen-bond acceptors (Lipinski definition) is 4. The Bertz CT molecular complexity index is 490. The minimum absolute atomic E-state index is 0.0240. The van der Waals surface area contributed by atoms with Gasteiger partial charge in [-0.1, -0.05) is 0 Å². The molecule has 24 heavy (non-hydrogen) atoms. The Morgan fingerprint density at radius 1 is 1.21 bits per heavy atom. The number of carbonyl (C=O) groups is 1. The third kappa shape index (κ3) is 4.50. The lowest BCUT2D eigenvalue weighted by molar-refractivity contribution is -0.534. The zero-order valence-corrected chi connectivity index (χ0v) is 13.5. The van der Waals surface area contributed by atoms with Crippen LogP contribution in [0.3, 0.4) is 0 Å². The number of carboxylic acids is 1. The fourth-order valence-electron chi connectivity index (χ4n) is 3.54. The van der Waals surface area contributed by atoms with Crippen LogP contribution >= 0.6 is 11.6 Å². The molecule has 0 aromatic carbocycles. The number of rotatable bonds is 4. The lowest BCUT2D eigenvalue weighted by Gasteiger charge is -2.37. The minimum Gasteiger partial charge on any atom is -0.481 e. The van der Waals surface area contributed by atoms with E-state index in [0.717, 1.165) is 0 Å². The summed E-state index contributed by atoms with van der Waals surface area (Å²) >= 11 is 6.03. The first kappa shape index (κ1) is 19.2. The molecule has 6 unspecified atom stereocenters. The Morgan fingerprint density at radius 3 is 2.38 bits per heavy atom. The highest BCUT2D eigenvalue weighted by molar-refractivity contribution is 6.21. The summed E-state index contributed by atoms with van der Waals surface area (Å²) in [6.45, 7) is 0. The van der Waals surface area contributed by atoms with Crippen LogP contribution in [-0.4, -0.2) is 45.8 Å². The van der Waals surface area contributed by atoms with E-state index < -0.39 is 52.5 Å². The molecule has 0 aromatic rings. The van der Waals surface area contributed by atoms with Crippen LogP contribution in [0.5, 0.6) is 0 Å². The van der Waals surface area contributed by atoms with Gasteiger partial charge in [0.2, 0.25) is 6.04 Å². The molecule has 1 N–H and O–H groups in total. The average Bonchev–Trinajstić information content (AvgIpc) is 2.47. The molecule has 0 amide bonds. The summed E-state index contributed by atoms with van der Waals surface area (Å²) in [5.41, 5.74) is 0. The summed E-state index contributed by atoms with van der Waals surface area (Å²) in [7, 11) is 0. The molecule has 0 saturated heterocycles. The highest BCUT2D eigenvalue weighted by Crippen LogP contribution is 2.41. The van der Waals surface area contributed by atoms with E-state index >= 15 is 0 Å². The second-order valence-corrected chi connectivity index (χ2v) is 7.04. The van der Waals surface area contributed by atoms with Gasteiger partial charge in [-0.25, -0.2) is 0 Å². The fourth-order valence-corrected chi connectivity index (χ4v) is 3.94. The summed E-state index contributed by atoms with van der Waals surface area (Å²) in [6.07, 6.45) is -5.22. The average molecular weight is 374 g/mol. The molecule has 6 atom stereocenters. The number of ether oxygens (including phenoxy) is 1. The Hall–Kier alpha value is -1.09. The highest BCUT2D eigenvalue weighted by Gasteiger charge is 2.47. The van der Waals surface area contributed by atoms with Crippen molar-refractivity contribution in [3.8, 4) is 0 Å². The van der Waals surface area contributed by atoms with E-state index in [1.807, 2.05) is 0 Å². The molecule has 0 spiro atoms. The van der Waals surface area contributed by atoms with Gasteiger partial charge in [0.25, 0.3) is 0 Å². The van der Waals surface area contributed by atoms with E-state index in [1.54, 1.807) is 0 Å². The van der Waals surface area contributed by atoms with E-state index in [2.05, 4.69) is 0 Å². The molecule has 10 heteroatoms. The van der Waals surface area contributed by atoms with E-state index in [-0.39, 0.29) is 32.1 Å². The first-order valence-corrected chi connectivity index (χ1v) is 8.25. The third-order valence-electron chi connectivity index (χ3n) is 4.90. The monoisotopic (exact) mass is 373 g/mol. The summed E-state index contributed by atoms with van der Waals surface area (Å²) in [4.78, 5) is 21.5. The van der Waals surface area contributed by atoms with Crippen molar-refractivity contribution in [2.45, 2.75) is 68.3 Å². The van der Waals surface area contributed by atoms with E-state index in [4.69, 9.17) is 21.4 Å². The van der Waals surface area contributed by atoms with Crippen molar-refractivity contribution in [3.05, 3.63) is 10.1 Å². The topological polar surface area (TPSA) is 89.7 Å². The van der Waals surface area contributed by atoms with Crippen molar-refractivity contribution in [3.63, 3.8) is 0 Å². The maximum absolute atomic E-state index is 12.7. The van der Waals surface area contributed by atoms with E-state index in [1.165, 1.54) is 0 Å². The van der Waals surface area contributed by atoms with Crippen molar-refractivity contribution in [2.75, 3.05) is 0 Å².